The van der Waals surface area contributed by atoms with Gasteiger partial charge in [-0.2, -0.15) is 0 Å². The predicted octanol–water partition coefficient (Wildman–Crippen LogP) is -1.83. The number of carboxylic acid groups (broad SMARTS) is 1. The fourth-order valence-corrected chi connectivity index (χ4v) is 2.31. The van der Waals surface area contributed by atoms with Gasteiger partial charge in [0.2, 0.25) is 0 Å². The molecular weight excluding hydrogens is 257 g/mol. The molecule has 0 bridgehead atoms. The van der Waals surface area contributed by atoms with Crippen molar-refractivity contribution < 1.29 is 49.0 Å². The maximum Gasteiger partial charge on any atom is 1.00 e. The van der Waals surface area contributed by atoms with Crippen LogP contribution in [-0.2, 0) is 9.53 Å². The minimum atomic E-state index is -1.06. The predicted molar refractivity (Wildman–Crippen MR) is 64.8 cm³/mol. The summed E-state index contributed by atoms with van der Waals surface area (Å²) in [5.41, 5.74) is -1.46. The minimum absolute atomic E-state index is 0. The van der Waals surface area contributed by atoms with Gasteiger partial charge in [0.1, 0.15) is 5.60 Å². The Morgan fingerprint density at radius 2 is 1.95 bits per heavy atom. The molecule has 1 rings (SSSR count). The van der Waals surface area contributed by atoms with Crippen LogP contribution in [0.2, 0.25) is 0 Å². The van der Waals surface area contributed by atoms with Crippen molar-refractivity contribution in [1.82, 2.24) is 4.90 Å². The van der Waals surface area contributed by atoms with Gasteiger partial charge in [0.05, 0.1) is 0 Å². The SMILES string of the molecule is CCCC1(C(=O)[O-])CCN(C(=O)OC(C)(C)C)C1.[Na+]. The van der Waals surface area contributed by atoms with E-state index in [1.807, 2.05) is 6.92 Å². The van der Waals surface area contributed by atoms with Gasteiger partial charge in [-0.25, -0.2) is 4.79 Å². The summed E-state index contributed by atoms with van der Waals surface area (Å²) in [6.45, 7) is 7.92. The zero-order chi connectivity index (χ0) is 14.0. The Hall–Kier alpha value is -0.260. The van der Waals surface area contributed by atoms with Gasteiger partial charge >= 0.3 is 35.7 Å². The van der Waals surface area contributed by atoms with E-state index in [1.165, 1.54) is 4.90 Å². The van der Waals surface area contributed by atoms with Crippen molar-refractivity contribution in [2.75, 3.05) is 13.1 Å². The number of nitrogens with zero attached hydrogens (tertiary/aromatic N) is 1. The summed E-state index contributed by atoms with van der Waals surface area (Å²) in [7, 11) is 0. The van der Waals surface area contributed by atoms with Gasteiger partial charge in [-0.1, -0.05) is 13.3 Å². The summed E-state index contributed by atoms with van der Waals surface area (Å²) < 4.78 is 5.25. The third kappa shape index (κ3) is 4.97. The number of aliphatic carboxylic acids is 1. The van der Waals surface area contributed by atoms with Crippen molar-refractivity contribution >= 4 is 12.1 Å². The molecule has 1 aliphatic rings. The van der Waals surface area contributed by atoms with Crippen LogP contribution in [0.3, 0.4) is 0 Å². The summed E-state index contributed by atoms with van der Waals surface area (Å²) in [6, 6.07) is 0. The molecule has 0 aromatic carbocycles. The first-order chi connectivity index (χ1) is 8.20. The van der Waals surface area contributed by atoms with E-state index in [1.54, 1.807) is 20.8 Å². The molecule has 0 spiro atoms. The summed E-state index contributed by atoms with van der Waals surface area (Å²) in [4.78, 5) is 24.6. The standard InChI is InChI=1S/C13H23NO4.Na/c1-5-6-13(10(15)16)7-8-14(9-13)11(17)18-12(2,3)4;/h5-9H2,1-4H3,(H,15,16);/q;+1/p-1. The van der Waals surface area contributed by atoms with Crippen LogP contribution in [0.4, 0.5) is 4.79 Å². The molecule has 1 atom stereocenters. The molecule has 19 heavy (non-hydrogen) atoms. The maximum absolute atomic E-state index is 11.9. The number of ether oxygens (including phenoxy) is 1. The van der Waals surface area contributed by atoms with Crippen LogP contribution in [0.15, 0.2) is 0 Å². The van der Waals surface area contributed by atoms with Gasteiger partial charge in [-0.15, -0.1) is 0 Å². The van der Waals surface area contributed by atoms with Crippen molar-refractivity contribution in [3.8, 4) is 0 Å². The zero-order valence-corrected chi connectivity index (χ0v) is 14.6. The summed E-state index contributed by atoms with van der Waals surface area (Å²) in [6.07, 6.45) is 1.30. The Labute approximate surface area is 137 Å². The van der Waals surface area contributed by atoms with E-state index in [4.69, 9.17) is 4.74 Å². The summed E-state index contributed by atoms with van der Waals surface area (Å²) in [5, 5.41) is 11.3. The Morgan fingerprint density at radius 3 is 2.37 bits per heavy atom. The van der Waals surface area contributed by atoms with Gasteiger partial charge in [0, 0.05) is 24.5 Å². The minimum Gasteiger partial charge on any atom is -0.549 e. The molecule has 0 aromatic heterocycles. The van der Waals surface area contributed by atoms with Gasteiger partial charge in [0.25, 0.3) is 0 Å². The molecule has 0 aliphatic carbocycles. The average molecular weight is 279 g/mol. The van der Waals surface area contributed by atoms with Gasteiger partial charge < -0.3 is 19.5 Å². The number of hydrogen-bond donors (Lipinski definition) is 0. The average Bonchev–Trinajstić information content (AvgIpc) is 2.61. The van der Waals surface area contributed by atoms with Crippen LogP contribution in [0.5, 0.6) is 0 Å². The first-order valence-electron chi connectivity index (χ1n) is 6.39. The first kappa shape index (κ1) is 18.7. The molecule has 1 unspecified atom stereocenters. The van der Waals surface area contributed by atoms with Crippen molar-refractivity contribution in [2.45, 2.75) is 52.6 Å². The quantitative estimate of drug-likeness (QED) is 0.570. The van der Waals surface area contributed by atoms with Crippen molar-refractivity contribution in [2.24, 2.45) is 5.41 Å². The zero-order valence-electron chi connectivity index (χ0n) is 12.6. The van der Waals surface area contributed by atoms with Crippen LogP contribution < -0.4 is 34.7 Å². The molecule has 1 amide bonds. The number of carbonyl (C=O) groups is 2. The molecule has 0 N–H and O–H groups in total. The van der Waals surface area contributed by atoms with E-state index in [0.717, 1.165) is 6.42 Å². The van der Waals surface area contributed by atoms with Crippen molar-refractivity contribution in [3.63, 3.8) is 0 Å². The number of carboxylic acids is 1. The number of hydrogen-bond acceptors (Lipinski definition) is 4. The first-order valence-corrected chi connectivity index (χ1v) is 6.39. The molecule has 0 saturated carbocycles. The molecule has 1 saturated heterocycles. The Balaban J connectivity index is 0.00000324. The summed E-state index contributed by atoms with van der Waals surface area (Å²) >= 11 is 0. The van der Waals surface area contributed by atoms with Crippen LogP contribution in [0.25, 0.3) is 0 Å². The van der Waals surface area contributed by atoms with E-state index in [9.17, 15) is 14.7 Å². The molecule has 1 heterocycles. The Kier molecular flexibility index (Phi) is 6.86. The fourth-order valence-electron chi connectivity index (χ4n) is 2.31. The number of amides is 1. The number of likely N-dealkylation sites (tertiary alicyclic amines) is 1. The Morgan fingerprint density at radius 1 is 1.37 bits per heavy atom. The molecule has 6 heteroatoms. The second-order valence-electron chi connectivity index (χ2n) is 5.97. The molecule has 1 aliphatic heterocycles. The van der Waals surface area contributed by atoms with Crippen LogP contribution in [0.1, 0.15) is 47.0 Å². The topological polar surface area (TPSA) is 69.7 Å². The van der Waals surface area contributed by atoms with Crippen molar-refractivity contribution in [3.05, 3.63) is 0 Å². The van der Waals surface area contributed by atoms with E-state index in [-0.39, 0.29) is 36.1 Å². The number of carbonyl (C=O) groups excluding carboxylic acids is 2. The molecule has 5 nitrogen and oxygen atoms in total. The van der Waals surface area contributed by atoms with E-state index >= 15 is 0 Å². The molecular formula is C13H22NNaO4. The smallest absolute Gasteiger partial charge is 0.549 e. The molecule has 0 aromatic rings. The molecule has 0 radical (unpaired) electrons. The Bertz CT molecular complexity index is 340. The van der Waals surface area contributed by atoms with Crippen LogP contribution in [0, 0.1) is 5.41 Å². The summed E-state index contributed by atoms with van der Waals surface area (Å²) in [5.74, 6) is -1.06. The van der Waals surface area contributed by atoms with Crippen molar-refractivity contribution in [1.29, 1.82) is 0 Å². The van der Waals surface area contributed by atoms with E-state index in [0.29, 0.717) is 19.4 Å². The molecule has 1 fully saturated rings. The fraction of sp³-hybridized carbons (Fsp3) is 0.846. The van der Waals surface area contributed by atoms with Crippen LogP contribution >= 0.6 is 0 Å². The van der Waals surface area contributed by atoms with Gasteiger partial charge in [-0.05, 0) is 33.6 Å². The van der Waals surface area contributed by atoms with Crippen LogP contribution in [-0.4, -0.2) is 35.7 Å². The monoisotopic (exact) mass is 279 g/mol. The van der Waals surface area contributed by atoms with Gasteiger partial charge in [-0.3, -0.25) is 0 Å². The second-order valence-corrected chi connectivity index (χ2v) is 5.97. The normalized spacial score (nSPS) is 22.8. The second kappa shape index (κ2) is 6.95. The maximum atomic E-state index is 11.9. The number of rotatable bonds is 3. The van der Waals surface area contributed by atoms with E-state index in [2.05, 4.69) is 0 Å². The third-order valence-electron chi connectivity index (χ3n) is 3.17. The third-order valence-corrected chi connectivity index (χ3v) is 3.17. The molecule has 104 valence electrons. The van der Waals surface area contributed by atoms with Gasteiger partial charge in [0.15, 0.2) is 0 Å². The van der Waals surface area contributed by atoms with E-state index < -0.39 is 23.1 Å². The largest absolute Gasteiger partial charge is 1.00 e.